The number of nitrogens with one attached hydrogen (secondary N) is 1. The molecular formula is C23H15N5O4. The van der Waals surface area contributed by atoms with E-state index in [2.05, 4.69) is 20.6 Å². The number of para-hydroxylation sites is 1. The molecule has 3 aromatic heterocycles. The molecule has 3 heterocycles. The maximum absolute atomic E-state index is 12.6. The van der Waals surface area contributed by atoms with Gasteiger partial charge in [-0.25, -0.2) is 9.48 Å². The van der Waals surface area contributed by atoms with Crippen LogP contribution in [0, 0.1) is 0 Å². The van der Waals surface area contributed by atoms with E-state index in [9.17, 15) is 9.59 Å². The minimum Gasteiger partial charge on any atom is -0.438 e. The van der Waals surface area contributed by atoms with Crippen LogP contribution in [0.25, 0.3) is 16.8 Å². The fourth-order valence-electron chi connectivity index (χ4n) is 3.04. The molecule has 0 fully saturated rings. The van der Waals surface area contributed by atoms with Crippen LogP contribution in [0.3, 0.4) is 0 Å². The van der Waals surface area contributed by atoms with E-state index in [4.69, 9.17) is 9.15 Å². The van der Waals surface area contributed by atoms with Gasteiger partial charge in [0.25, 0.3) is 5.91 Å². The molecule has 0 unspecified atom stereocenters. The van der Waals surface area contributed by atoms with E-state index in [-0.39, 0.29) is 5.56 Å². The monoisotopic (exact) mass is 425 g/mol. The maximum Gasteiger partial charge on any atom is 0.349 e. The Morgan fingerprint density at radius 2 is 1.81 bits per heavy atom. The lowest BCUT2D eigenvalue weighted by Gasteiger charge is -2.08. The van der Waals surface area contributed by atoms with Gasteiger partial charge >= 0.3 is 5.63 Å². The predicted molar refractivity (Wildman–Crippen MR) is 116 cm³/mol. The van der Waals surface area contributed by atoms with Crippen molar-refractivity contribution in [3.05, 3.63) is 101 Å². The van der Waals surface area contributed by atoms with Crippen LogP contribution in [0.4, 0.5) is 5.69 Å². The van der Waals surface area contributed by atoms with E-state index >= 15 is 0 Å². The Labute approximate surface area is 180 Å². The number of rotatable bonds is 5. The molecule has 5 rings (SSSR count). The first-order valence-corrected chi connectivity index (χ1v) is 9.62. The summed E-state index contributed by atoms with van der Waals surface area (Å²) in [5, 5.41) is 15.5. The first kappa shape index (κ1) is 19.2. The van der Waals surface area contributed by atoms with E-state index in [1.54, 1.807) is 83.8 Å². The van der Waals surface area contributed by atoms with Crippen molar-refractivity contribution in [2.45, 2.75) is 0 Å². The molecule has 156 valence electrons. The summed E-state index contributed by atoms with van der Waals surface area (Å²) in [6.07, 6.45) is 3.42. The van der Waals surface area contributed by atoms with E-state index in [1.807, 2.05) is 0 Å². The number of carbonyl (C=O) groups excluding carboxylic acids is 1. The molecule has 0 aliphatic heterocycles. The highest BCUT2D eigenvalue weighted by Gasteiger charge is 2.14. The molecule has 1 amide bonds. The van der Waals surface area contributed by atoms with Gasteiger partial charge in [0.05, 0.1) is 0 Å². The molecule has 0 aliphatic rings. The quantitative estimate of drug-likeness (QED) is 0.426. The number of amides is 1. The third-order valence-corrected chi connectivity index (χ3v) is 4.59. The van der Waals surface area contributed by atoms with Gasteiger partial charge in [0, 0.05) is 29.5 Å². The summed E-state index contributed by atoms with van der Waals surface area (Å²) in [7, 11) is 0. The largest absolute Gasteiger partial charge is 0.438 e. The lowest BCUT2D eigenvalue weighted by Crippen LogP contribution is -2.20. The fraction of sp³-hybridized carbons (Fsp3) is 0. The summed E-state index contributed by atoms with van der Waals surface area (Å²) >= 11 is 0. The number of ether oxygens (including phenoxy) is 1. The molecule has 2 aromatic carbocycles. The second-order valence-corrected chi connectivity index (χ2v) is 6.75. The van der Waals surface area contributed by atoms with Crippen molar-refractivity contribution < 1.29 is 13.9 Å². The predicted octanol–water partition coefficient (Wildman–Crippen LogP) is 3.81. The SMILES string of the molecule is O=C(Nc1ccc(Oc2ccc(-n3cccn3)nn2)cc1)c1cc2ccccc2oc1=O. The lowest BCUT2D eigenvalue weighted by molar-refractivity contribution is 0.102. The highest BCUT2D eigenvalue weighted by Crippen LogP contribution is 2.22. The zero-order valence-electron chi connectivity index (χ0n) is 16.5. The Balaban J connectivity index is 1.27. The molecular weight excluding hydrogens is 410 g/mol. The molecule has 0 spiro atoms. The Kier molecular flexibility index (Phi) is 4.89. The average Bonchev–Trinajstić information content (AvgIpc) is 3.35. The summed E-state index contributed by atoms with van der Waals surface area (Å²) < 4.78 is 12.5. The fourth-order valence-corrected chi connectivity index (χ4v) is 3.04. The first-order valence-electron chi connectivity index (χ1n) is 9.62. The van der Waals surface area contributed by atoms with Gasteiger partial charge < -0.3 is 14.5 Å². The van der Waals surface area contributed by atoms with E-state index < -0.39 is 11.5 Å². The van der Waals surface area contributed by atoms with Gasteiger partial charge in [0.1, 0.15) is 16.9 Å². The molecule has 0 aliphatic carbocycles. The topological polar surface area (TPSA) is 112 Å². The van der Waals surface area contributed by atoms with Gasteiger partial charge in [-0.3, -0.25) is 4.79 Å². The summed E-state index contributed by atoms with van der Waals surface area (Å²) in [6, 6.07) is 20.4. The van der Waals surface area contributed by atoms with E-state index in [0.29, 0.717) is 34.1 Å². The van der Waals surface area contributed by atoms with E-state index in [1.165, 1.54) is 6.07 Å². The van der Waals surface area contributed by atoms with Gasteiger partial charge in [-0.05, 0) is 48.5 Å². The van der Waals surface area contributed by atoms with Crippen molar-refractivity contribution in [3.8, 4) is 17.4 Å². The number of hydrogen-bond acceptors (Lipinski definition) is 7. The number of benzene rings is 2. The molecule has 5 aromatic rings. The standard InChI is InChI=1S/C23H15N5O4/c29-22(18-14-15-4-1-2-5-19(15)32-23(18)30)25-16-6-8-17(9-7-16)31-21-11-10-20(26-27-21)28-13-3-12-24-28/h1-14H,(H,25,29). The maximum atomic E-state index is 12.6. The van der Waals surface area contributed by atoms with Crippen molar-refractivity contribution >= 4 is 22.6 Å². The van der Waals surface area contributed by atoms with Crippen molar-refractivity contribution in [1.29, 1.82) is 0 Å². The average molecular weight is 425 g/mol. The van der Waals surface area contributed by atoms with Crippen LogP contribution >= 0.6 is 0 Å². The Morgan fingerprint density at radius 3 is 2.56 bits per heavy atom. The summed E-state index contributed by atoms with van der Waals surface area (Å²) in [5.41, 5.74) is 0.154. The van der Waals surface area contributed by atoms with Crippen molar-refractivity contribution in [1.82, 2.24) is 20.0 Å². The molecule has 1 N–H and O–H groups in total. The van der Waals surface area contributed by atoms with E-state index in [0.717, 1.165) is 0 Å². The third kappa shape index (κ3) is 3.94. The van der Waals surface area contributed by atoms with Crippen LogP contribution in [0.5, 0.6) is 11.6 Å². The zero-order chi connectivity index (χ0) is 21.9. The van der Waals surface area contributed by atoms with Crippen LogP contribution in [0.2, 0.25) is 0 Å². The second-order valence-electron chi connectivity index (χ2n) is 6.75. The van der Waals surface area contributed by atoms with Crippen LogP contribution in [-0.2, 0) is 0 Å². The van der Waals surface area contributed by atoms with Crippen LogP contribution in [-0.4, -0.2) is 25.9 Å². The lowest BCUT2D eigenvalue weighted by atomic mass is 10.1. The summed E-state index contributed by atoms with van der Waals surface area (Å²) in [5.74, 6) is 0.831. The van der Waals surface area contributed by atoms with Crippen molar-refractivity contribution in [3.63, 3.8) is 0 Å². The van der Waals surface area contributed by atoms with Crippen molar-refractivity contribution in [2.24, 2.45) is 0 Å². The minimum absolute atomic E-state index is 0.0726. The summed E-state index contributed by atoms with van der Waals surface area (Å²) in [6.45, 7) is 0. The zero-order valence-corrected chi connectivity index (χ0v) is 16.5. The highest BCUT2D eigenvalue weighted by molar-refractivity contribution is 6.05. The number of hydrogen-bond donors (Lipinski definition) is 1. The molecule has 9 heteroatoms. The molecule has 0 saturated heterocycles. The molecule has 9 nitrogen and oxygen atoms in total. The second kappa shape index (κ2) is 8.15. The van der Waals surface area contributed by atoms with Crippen molar-refractivity contribution in [2.75, 3.05) is 5.32 Å². The molecule has 0 bridgehead atoms. The van der Waals surface area contributed by atoms with Gasteiger partial charge in [0.15, 0.2) is 5.82 Å². The van der Waals surface area contributed by atoms with Gasteiger partial charge in [-0.2, -0.15) is 5.10 Å². The van der Waals surface area contributed by atoms with Crippen LogP contribution in [0.15, 0.2) is 94.4 Å². The molecule has 0 atom stereocenters. The van der Waals surface area contributed by atoms with Crippen LogP contribution in [0.1, 0.15) is 10.4 Å². The van der Waals surface area contributed by atoms with Gasteiger partial charge in [-0.1, -0.05) is 18.2 Å². The smallest absolute Gasteiger partial charge is 0.349 e. The third-order valence-electron chi connectivity index (χ3n) is 4.59. The highest BCUT2D eigenvalue weighted by atomic mass is 16.5. The number of fused-ring (bicyclic) bond motifs is 1. The normalized spacial score (nSPS) is 10.8. The first-order chi connectivity index (χ1) is 15.7. The Bertz CT molecular complexity index is 1440. The Hall–Kier alpha value is -4.79. The number of nitrogens with zero attached hydrogens (tertiary/aromatic N) is 4. The Morgan fingerprint density at radius 1 is 0.969 bits per heavy atom. The summed E-state index contributed by atoms with van der Waals surface area (Å²) in [4.78, 5) is 24.7. The minimum atomic E-state index is -0.696. The number of aromatic nitrogens is 4. The molecule has 0 radical (unpaired) electrons. The van der Waals surface area contributed by atoms with Gasteiger partial charge in [0.2, 0.25) is 5.88 Å². The molecule has 32 heavy (non-hydrogen) atoms. The number of carbonyl (C=O) groups is 1. The van der Waals surface area contributed by atoms with Crippen LogP contribution < -0.4 is 15.7 Å². The number of anilines is 1. The van der Waals surface area contributed by atoms with Gasteiger partial charge in [-0.15, -0.1) is 10.2 Å². The molecule has 0 saturated carbocycles.